The predicted octanol–water partition coefficient (Wildman–Crippen LogP) is 3.63. The van der Waals surface area contributed by atoms with Gasteiger partial charge >= 0.3 is 6.18 Å². The van der Waals surface area contributed by atoms with E-state index in [0.717, 1.165) is 6.07 Å². The number of nitrogens with zero attached hydrogens (tertiary/aromatic N) is 1. The summed E-state index contributed by atoms with van der Waals surface area (Å²) in [5.41, 5.74) is -1.34. The lowest BCUT2D eigenvalue weighted by molar-refractivity contribution is -0.208. The lowest BCUT2D eigenvalue weighted by atomic mass is 9.82. The number of rotatable bonds is 4. The van der Waals surface area contributed by atoms with E-state index in [2.05, 4.69) is 9.71 Å². The van der Waals surface area contributed by atoms with Crippen LogP contribution in [0.25, 0.3) is 0 Å². The zero-order valence-electron chi connectivity index (χ0n) is 15.1. The molecule has 0 saturated carbocycles. The van der Waals surface area contributed by atoms with Crippen molar-refractivity contribution in [3.05, 3.63) is 22.5 Å². The zero-order chi connectivity index (χ0) is 20.1. The van der Waals surface area contributed by atoms with Crippen molar-refractivity contribution < 1.29 is 27.6 Å². The number of nitrogens with one attached hydrogen (secondary N) is 1. The van der Waals surface area contributed by atoms with Crippen LogP contribution >= 0.6 is 11.6 Å². The number of hydrogen-bond acceptors (Lipinski definition) is 5. The first-order valence-electron chi connectivity index (χ1n) is 7.98. The molecule has 0 bridgehead atoms. The molecule has 0 aromatic carbocycles. The molecule has 26 heavy (non-hydrogen) atoms. The summed E-state index contributed by atoms with van der Waals surface area (Å²) in [5, 5.41) is 9.29. The number of ether oxygens (including phenoxy) is 1. The van der Waals surface area contributed by atoms with E-state index < -0.39 is 39.6 Å². The Bertz CT molecular complexity index is 682. The normalized spacial score (nSPS) is 22.9. The van der Waals surface area contributed by atoms with E-state index in [4.69, 9.17) is 16.3 Å². The lowest BCUT2D eigenvalue weighted by Crippen LogP contribution is -2.55. The Morgan fingerprint density at radius 1 is 1.38 bits per heavy atom. The molecule has 1 aliphatic rings. The fourth-order valence-electron chi connectivity index (χ4n) is 2.56. The third-order valence-electron chi connectivity index (χ3n) is 4.28. The van der Waals surface area contributed by atoms with Crippen molar-refractivity contribution in [2.24, 2.45) is 5.92 Å². The van der Waals surface area contributed by atoms with Crippen molar-refractivity contribution in [2.45, 2.75) is 57.2 Å². The maximum absolute atomic E-state index is 12.9. The van der Waals surface area contributed by atoms with Crippen LogP contribution in [0.3, 0.4) is 0 Å². The van der Waals surface area contributed by atoms with Gasteiger partial charge in [-0.25, -0.2) is 4.98 Å². The van der Waals surface area contributed by atoms with Gasteiger partial charge in [0.2, 0.25) is 0 Å². The molecular weight excluding hydrogens is 393 g/mol. The molecule has 0 amide bonds. The summed E-state index contributed by atoms with van der Waals surface area (Å²) in [6, 6.07) is 1.12. The topological polar surface area (TPSA) is 77.4 Å². The van der Waals surface area contributed by atoms with Crippen molar-refractivity contribution in [1.29, 1.82) is 0 Å². The molecule has 0 saturated heterocycles. The Hall–Kier alpha value is -0.740. The van der Waals surface area contributed by atoms with Crippen LogP contribution < -0.4 is 9.46 Å². The van der Waals surface area contributed by atoms with E-state index in [1.54, 1.807) is 20.8 Å². The third kappa shape index (κ3) is 3.91. The molecule has 0 fully saturated rings. The fourth-order valence-corrected chi connectivity index (χ4v) is 3.86. The second kappa shape index (κ2) is 7.01. The van der Waals surface area contributed by atoms with E-state index in [-0.39, 0.29) is 23.4 Å². The molecule has 148 valence electrons. The number of fused-ring (bicyclic) bond motifs is 1. The molecule has 1 aromatic rings. The number of aliphatic hydroxyl groups is 1. The van der Waals surface area contributed by atoms with Crippen LogP contribution in [0.2, 0.25) is 5.15 Å². The van der Waals surface area contributed by atoms with E-state index in [9.17, 15) is 22.8 Å². The lowest BCUT2D eigenvalue weighted by Gasteiger charge is -2.36. The standard InChI is InChI=1S/C16H22ClF3N2O3S/c1-8(2)15(22-26(24)14(3,4)5)7-25-11-9(15)6-10(21-13(11)17)12(23)16(18,19)20/h6,8,12,22-23H,7H2,1-5H3. The van der Waals surface area contributed by atoms with Crippen molar-refractivity contribution in [3.8, 4) is 5.75 Å². The van der Waals surface area contributed by atoms with E-state index in [0.29, 0.717) is 5.56 Å². The van der Waals surface area contributed by atoms with Crippen molar-refractivity contribution in [3.63, 3.8) is 0 Å². The highest BCUT2D eigenvalue weighted by atomic mass is 35.5. The molecule has 3 unspecified atom stereocenters. The highest BCUT2D eigenvalue weighted by Crippen LogP contribution is 2.47. The Labute approximate surface area is 158 Å². The van der Waals surface area contributed by atoms with Crippen LogP contribution in [0.5, 0.6) is 5.75 Å². The average molecular weight is 415 g/mol. The summed E-state index contributed by atoms with van der Waals surface area (Å²) >= 11 is 4.50. The monoisotopic (exact) mass is 414 g/mol. The summed E-state index contributed by atoms with van der Waals surface area (Å²) in [5.74, 6) is -0.0544. The van der Waals surface area contributed by atoms with E-state index >= 15 is 0 Å². The summed E-state index contributed by atoms with van der Waals surface area (Å²) in [7, 11) is 0. The summed E-state index contributed by atoms with van der Waals surface area (Å²) in [4.78, 5) is 3.63. The summed E-state index contributed by atoms with van der Waals surface area (Å²) in [6.07, 6.45) is -7.66. The average Bonchev–Trinajstić information content (AvgIpc) is 2.85. The molecule has 10 heteroatoms. The molecule has 2 heterocycles. The van der Waals surface area contributed by atoms with Crippen molar-refractivity contribution >= 4 is 23.0 Å². The highest BCUT2D eigenvalue weighted by molar-refractivity contribution is 7.90. The summed E-state index contributed by atoms with van der Waals surface area (Å²) < 4.78 is 59.4. The first kappa shape index (κ1) is 21.6. The number of hydrogen-bond donors (Lipinski definition) is 2. The minimum atomic E-state index is -4.88. The number of pyridine rings is 1. The predicted molar refractivity (Wildman–Crippen MR) is 93.3 cm³/mol. The highest BCUT2D eigenvalue weighted by Gasteiger charge is 2.51. The minimum Gasteiger partial charge on any atom is -0.598 e. The molecule has 0 spiro atoms. The van der Waals surface area contributed by atoms with E-state index in [1.165, 1.54) is 0 Å². The molecule has 1 aromatic heterocycles. The van der Waals surface area contributed by atoms with Crippen LogP contribution in [0.1, 0.15) is 52.0 Å². The van der Waals surface area contributed by atoms with Gasteiger partial charge in [0.25, 0.3) is 0 Å². The number of halogens is 4. The van der Waals surface area contributed by atoms with Gasteiger partial charge in [0, 0.05) is 16.9 Å². The Morgan fingerprint density at radius 3 is 2.42 bits per heavy atom. The fraction of sp³-hybridized carbons (Fsp3) is 0.688. The van der Waals surface area contributed by atoms with Crippen LogP contribution in [-0.4, -0.2) is 32.2 Å². The molecule has 3 atom stereocenters. The van der Waals surface area contributed by atoms with Crippen molar-refractivity contribution in [1.82, 2.24) is 9.71 Å². The van der Waals surface area contributed by atoms with Gasteiger partial charge in [0.15, 0.2) is 17.0 Å². The number of aliphatic hydroxyl groups excluding tert-OH is 1. The molecule has 0 radical (unpaired) electrons. The first-order valence-corrected chi connectivity index (χ1v) is 9.51. The molecule has 0 aliphatic carbocycles. The molecule has 5 nitrogen and oxygen atoms in total. The van der Waals surface area contributed by atoms with Gasteiger partial charge in [0.1, 0.15) is 16.9 Å². The van der Waals surface area contributed by atoms with Crippen LogP contribution in [-0.2, 0) is 16.9 Å². The molecule has 2 N–H and O–H groups in total. The van der Waals surface area contributed by atoms with E-state index in [1.807, 2.05) is 13.8 Å². The van der Waals surface area contributed by atoms with Crippen LogP contribution in [0.15, 0.2) is 6.07 Å². The minimum absolute atomic E-state index is 0.0365. The van der Waals surface area contributed by atoms with Gasteiger partial charge in [-0.05, 0) is 32.8 Å². The largest absolute Gasteiger partial charge is 0.598 e. The van der Waals surface area contributed by atoms with Gasteiger partial charge in [-0.2, -0.15) is 13.2 Å². The number of aromatic nitrogens is 1. The van der Waals surface area contributed by atoms with Crippen LogP contribution in [0, 0.1) is 5.92 Å². The Kier molecular flexibility index (Phi) is 5.82. The quantitative estimate of drug-likeness (QED) is 0.581. The second-order valence-corrected chi connectivity index (χ2v) is 9.88. The van der Waals surface area contributed by atoms with Gasteiger partial charge in [-0.15, -0.1) is 4.72 Å². The summed E-state index contributed by atoms with van der Waals surface area (Å²) in [6.45, 7) is 9.03. The van der Waals surface area contributed by atoms with Crippen LogP contribution in [0.4, 0.5) is 13.2 Å². The third-order valence-corrected chi connectivity index (χ3v) is 6.20. The molecule has 2 rings (SSSR count). The molecular formula is C16H22ClF3N2O3S. The number of alkyl halides is 3. The molecule has 1 aliphatic heterocycles. The maximum Gasteiger partial charge on any atom is 0.420 e. The van der Waals surface area contributed by atoms with Gasteiger partial charge in [-0.1, -0.05) is 25.4 Å². The van der Waals surface area contributed by atoms with Gasteiger partial charge in [0.05, 0.1) is 5.69 Å². The van der Waals surface area contributed by atoms with Gasteiger partial charge < -0.3 is 14.4 Å². The Balaban J connectivity index is 2.57. The maximum atomic E-state index is 12.9. The second-order valence-electron chi connectivity index (χ2n) is 7.56. The van der Waals surface area contributed by atoms with Gasteiger partial charge in [-0.3, -0.25) is 0 Å². The van der Waals surface area contributed by atoms with Crippen molar-refractivity contribution in [2.75, 3.05) is 6.61 Å². The smallest absolute Gasteiger partial charge is 0.420 e. The zero-order valence-corrected chi connectivity index (χ0v) is 16.6. The first-order chi connectivity index (χ1) is 11.7. The Morgan fingerprint density at radius 2 is 1.96 bits per heavy atom. The SMILES string of the molecule is CC(C)C1(N[S+]([O-])C(C)(C)C)COc2c1cc(C(O)C(F)(F)F)nc2Cl.